The van der Waals surface area contributed by atoms with E-state index >= 15 is 0 Å². The predicted molar refractivity (Wildman–Crippen MR) is 66.5 cm³/mol. The van der Waals surface area contributed by atoms with Crippen LogP contribution in [0, 0.1) is 5.92 Å². The molecule has 0 spiro atoms. The van der Waals surface area contributed by atoms with Crippen LogP contribution in [0.3, 0.4) is 0 Å². The number of rotatable bonds is 3. The molecule has 0 amide bonds. The van der Waals surface area contributed by atoms with Gasteiger partial charge in [0, 0.05) is 25.7 Å². The Morgan fingerprint density at radius 1 is 1.22 bits per heavy atom. The molecule has 0 saturated carbocycles. The van der Waals surface area contributed by atoms with E-state index in [0.717, 1.165) is 19.0 Å². The van der Waals surface area contributed by atoms with Gasteiger partial charge < -0.3 is 14.7 Å². The lowest BCUT2D eigenvalue weighted by atomic mass is 9.83. The summed E-state index contributed by atoms with van der Waals surface area (Å²) in [4.78, 5) is 15.8. The molecule has 5 heteroatoms. The highest BCUT2D eigenvalue weighted by atomic mass is 16.5. The van der Waals surface area contributed by atoms with Gasteiger partial charge in [-0.1, -0.05) is 0 Å². The molecule has 0 radical (unpaired) electrons. The molecule has 4 saturated heterocycles. The molecule has 0 aromatic rings. The van der Waals surface area contributed by atoms with Gasteiger partial charge >= 0.3 is 5.97 Å². The third-order valence-corrected chi connectivity index (χ3v) is 4.66. The first-order valence-corrected chi connectivity index (χ1v) is 7.02. The maximum Gasteiger partial charge on any atom is 0.306 e. The van der Waals surface area contributed by atoms with E-state index in [1.54, 1.807) is 0 Å². The van der Waals surface area contributed by atoms with Crippen molar-refractivity contribution in [2.45, 2.75) is 31.4 Å². The van der Waals surface area contributed by atoms with E-state index in [2.05, 4.69) is 9.80 Å². The summed E-state index contributed by atoms with van der Waals surface area (Å²) < 4.78 is 5.55. The van der Waals surface area contributed by atoms with E-state index in [4.69, 9.17) is 9.84 Å². The van der Waals surface area contributed by atoms with Crippen molar-refractivity contribution in [1.29, 1.82) is 0 Å². The number of aliphatic carboxylic acids is 1. The second-order valence-corrected chi connectivity index (χ2v) is 5.79. The van der Waals surface area contributed by atoms with Crippen molar-refractivity contribution in [3.05, 3.63) is 0 Å². The SMILES string of the molecule is O=C(O)CC1CN(C2CN3CCC2CC3)CCO1. The Morgan fingerprint density at radius 3 is 2.61 bits per heavy atom. The first-order chi connectivity index (χ1) is 8.72. The molecule has 4 rings (SSSR count). The first-order valence-electron chi connectivity index (χ1n) is 7.02. The molecular weight excluding hydrogens is 232 g/mol. The summed E-state index contributed by atoms with van der Waals surface area (Å²) in [5.41, 5.74) is 0. The maximum atomic E-state index is 10.8. The van der Waals surface area contributed by atoms with Gasteiger partial charge in [0.05, 0.1) is 19.1 Å². The molecule has 2 atom stereocenters. The van der Waals surface area contributed by atoms with Crippen LogP contribution in [-0.2, 0) is 9.53 Å². The normalized spacial score (nSPS) is 40.9. The highest BCUT2D eigenvalue weighted by molar-refractivity contribution is 5.67. The number of hydrogen-bond acceptors (Lipinski definition) is 4. The van der Waals surface area contributed by atoms with E-state index in [1.165, 1.54) is 32.5 Å². The Balaban J connectivity index is 1.60. The van der Waals surface area contributed by atoms with Crippen LogP contribution < -0.4 is 0 Å². The number of ether oxygens (including phenoxy) is 1. The number of piperidine rings is 3. The fourth-order valence-corrected chi connectivity index (χ4v) is 3.71. The number of hydrogen-bond donors (Lipinski definition) is 1. The summed E-state index contributed by atoms with van der Waals surface area (Å²) in [6.07, 6.45) is 2.64. The van der Waals surface area contributed by atoms with E-state index in [0.29, 0.717) is 12.6 Å². The predicted octanol–water partition coefficient (Wildman–Crippen LogP) is 0.256. The Hall–Kier alpha value is -0.650. The second-order valence-electron chi connectivity index (χ2n) is 5.79. The summed E-state index contributed by atoms with van der Waals surface area (Å²) in [5.74, 6) is 0.0642. The molecular formula is C13H22N2O3. The molecule has 2 unspecified atom stereocenters. The van der Waals surface area contributed by atoms with Crippen molar-refractivity contribution in [2.75, 3.05) is 39.3 Å². The summed E-state index contributed by atoms with van der Waals surface area (Å²) >= 11 is 0. The molecule has 4 aliphatic rings. The second kappa shape index (κ2) is 5.15. The van der Waals surface area contributed by atoms with Crippen LogP contribution in [0.25, 0.3) is 0 Å². The molecule has 0 aromatic carbocycles. The summed E-state index contributed by atoms with van der Waals surface area (Å²) in [7, 11) is 0. The van der Waals surface area contributed by atoms with Crippen LogP contribution >= 0.6 is 0 Å². The van der Waals surface area contributed by atoms with Crippen LogP contribution in [0.5, 0.6) is 0 Å². The highest BCUT2D eigenvalue weighted by Crippen LogP contribution is 2.31. The third kappa shape index (κ3) is 2.53. The molecule has 0 aromatic heterocycles. The monoisotopic (exact) mass is 254 g/mol. The average Bonchev–Trinajstić information content (AvgIpc) is 2.39. The van der Waals surface area contributed by atoms with Gasteiger partial charge in [-0.3, -0.25) is 9.69 Å². The largest absolute Gasteiger partial charge is 0.481 e. The van der Waals surface area contributed by atoms with Gasteiger partial charge in [-0.15, -0.1) is 0 Å². The van der Waals surface area contributed by atoms with Crippen molar-refractivity contribution in [2.24, 2.45) is 5.92 Å². The van der Waals surface area contributed by atoms with Crippen molar-refractivity contribution in [1.82, 2.24) is 9.80 Å². The van der Waals surface area contributed by atoms with Gasteiger partial charge in [0.15, 0.2) is 0 Å². The smallest absolute Gasteiger partial charge is 0.306 e. The molecule has 2 bridgehead atoms. The fourth-order valence-electron chi connectivity index (χ4n) is 3.71. The van der Waals surface area contributed by atoms with Crippen molar-refractivity contribution in [3.8, 4) is 0 Å². The molecule has 4 fully saturated rings. The van der Waals surface area contributed by atoms with Gasteiger partial charge in [0.2, 0.25) is 0 Å². The van der Waals surface area contributed by atoms with Crippen LogP contribution in [-0.4, -0.2) is 72.4 Å². The Bertz CT molecular complexity index is 315. The van der Waals surface area contributed by atoms with Crippen LogP contribution in [0.15, 0.2) is 0 Å². The lowest BCUT2D eigenvalue weighted by Crippen LogP contribution is -2.60. The molecule has 4 aliphatic heterocycles. The van der Waals surface area contributed by atoms with Crippen LogP contribution in [0.2, 0.25) is 0 Å². The molecule has 102 valence electrons. The van der Waals surface area contributed by atoms with Gasteiger partial charge in [-0.2, -0.15) is 0 Å². The first kappa shape index (κ1) is 12.4. The number of carboxylic acid groups (broad SMARTS) is 1. The van der Waals surface area contributed by atoms with Crippen LogP contribution in [0.4, 0.5) is 0 Å². The van der Waals surface area contributed by atoms with Crippen molar-refractivity contribution < 1.29 is 14.6 Å². The van der Waals surface area contributed by atoms with E-state index < -0.39 is 5.97 Å². The Kier molecular flexibility index (Phi) is 3.54. The number of morpholine rings is 1. The van der Waals surface area contributed by atoms with Gasteiger partial charge in [0.25, 0.3) is 0 Å². The van der Waals surface area contributed by atoms with Crippen LogP contribution in [0.1, 0.15) is 19.3 Å². The van der Waals surface area contributed by atoms with Gasteiger partial charge in [-0.25, -0.2) is 0 Å². The zero-order valence-electron chi connectivity index (χ0n) is 10.8. The zero-order valence-corrected chi connectivity index (χ0v) is 10.8. The minimum atomic E-state index is -0.754. The third-order valence-electron chi connectivity index (χ3n) is 4.66. The number of nitrogens with zero attached hydrogens (tertiary/aromatic N) is 2. The zero-order chi connectivity index (χ0) is 12.5. The number of fused-ring (bicyclic) bond motifs is 3. The topological polar surface area (TPSA) is 53.0 Å². The number of carboxylic acids is 1. The lowest BCUT2D eigenvalue weighted by Gasteiger charge is -2.50. The summed E-state index contributed by atoms with van der Waals surface area (Å²) in [5, 5.41) is 8.86. The molecule has 18 heavy (non-hydrogen) atoms. The summed E-state index contributed by atoms with van der Waals surface area (Å²) in [6, 6.07) is 0.632. The molecule has 4 heterocycles. The van der Waals surface area contributed by atoms with E-state index in [9.17, 15) is 4.79 Å². The van der Waals surface area contributed by atoms with E-state index in [1.807, 2.05) is 0 Å². The minimum absolute atomic E-state index is 0.119. The highest BCUT2D eigenvalue weighted by Gasteiger charge is 2.39. The fraction of sp³-hybridized carbons (Fsp3) is 0.923. The van der Waals surface area contributed by atoms with Crippen molar-refractivity contribution >= 4 is 5.97 Å². The molecule has 5 nitrogen and oxygen atoms in total. The lowest BCUT2D eigenvalue weighted by molar-refractivity contribution is -0.143. The Labute approximate surface area is 108 Å². The average molecular weight is 254 g/mol. The quantitative estimate of drug-likeness (QED) is 0.783. The van der Waals surface area contributed by atoms with Gasteiger partial charge in [-0.05, 0) is 31.8 Å². The summed E-state index contributed by atoms with van der Waals surface area (Å²) in [6.45, 7) is 6.12. The van der Waals surface area contributed by atoms with E-state index in [-0.39, 0.29) is 12.5 Å². The number of carbonyl (C=O) groups is 1. The molecule has 0 aliphatic carbocycles. The minimum Gasteiger partial charge on any atom is -0.481 e. The Morgan fingerprint density at radius 2 is 2.00 bits per heavy atom. The maximum absolute atomic E-state index is 10.8. The standard InChI is InChI=1S/C13H22N2O3/c16-13(17)7-11-8-15(5-6-18-11)12-9-14-3-1-10(12)2-4-14/h10-12H,1-9H2,(H,16,17). The van der Waals surface area contributed by atoms with Crippen molar-refractivity contribution in [3.63, 3.8) is 0 Å². The molecule has 1 N–H and O–H groups in total. The van der Waals surface area contributed by atoms with Gasteiger partial charge in [0.1, 0.15) is 0 Å².